The molecule has 0 heterocycles. The molecule has 1 nitrogen and oxygen atoms in total. The normalized spacial score (nSPS) is 12.7. The average Bonchev–Trinajstić information content (AvgIpc) is 2.41. The van der Waals surface area contributed by atoms with E-state index in [0.717, 1.165) is 28.1 Å². The Morgan fingerprint density at radius 2 is 1.70 bits per heavy atom. The predicted molar refractivity (Wildman–Crippen MR) is 87.2 cm³/mol. The number of rotatable bonds is 4. The summed E-state index contributed by atoms with van der Waals surface area (Å²) in [6.07, 6.45) is 1.10. The maximum Gasteiger partial charge on any atom is 0.0566 e. The van der Waals surface area contributed by atoms with Crippen molar-refractivity contribution >= 4 is 11.6 Å². The minimum atomic E-state index is -0.171. The summed E-state index contributed by atoms with van der Waals surface area (Å²) in [5.41, 5.74) is 10.9. The minimum absolute atomic E-state index is 0.171. The maximum atomic E-state index is 6.36. The smallest absolute Gasteiger partial charge is 0.0566 e. The van der Waals surface area contributed by atoms with Crippen LogP contribution in [-0.4, -0.2) is 0 Å². The summed E-state index contributed by atoms with van der Waals surface area (Å²) in [4.78, 5) is 0. The minimum Gasteiger partial charge on any atom is -0.320 e. The highest BCUT2D eigenvalue weighted by molar-refractivity contribution is 6.32. The molecular weight excluding hydrogens is 266 g/mol. The zero-order valence-electron chi connectivity index (χ0n) is 12.4. The van der Waals surface area contributed by atoms with Crippen LogP contribution in [0.1, 0.15) is 42.1 Å². The standard InChI is InChI=1S/C18H22ClN/c1-12(2)11-14-7-9-15(10-8-14)18(20)16-6-4-5-13(3)17(16)19/h4-10,12,18H,11,20H2,1-3H3. The van der Waals surface area contributed by atoms with E-state index in [9.17, 15) is 0 Å². The Hall–Kier alpha value is -1.31. The van der Waals surface area contributed by atoms with Crippen LogP contribution >= 0.6 is 11.6 Å². The van der Waals surface area contributed by atoms with Crippen molar-refractivity contribution < 1.29 is 0 Å². The second-order valence-corrected chi connectivity index (χ2v) is 6.17. The van der Waals surface area contributed by atoms with Gasteiger partial charge in [0.1, 0.15) is 0 Å². The summed E-state index contributed by atoms with van der Waals surface area (Å²) in [5.74, 6) is 0.667. The summed E-state index contributed by atoms with van der Waals surface area (Å²) >= 11 is 6.36. The van der Waals surface area contributed by atoms with E-state index in [1.165, 1.54) is 5.56 Å². The van der Waals surface area contributed by atoms with Gasteiger partial charge in [-0.1, -0.05) is 67.9 Å². The quantitative estimate of drug-likeness (QED) is 0.851. The molecular formula is C18H22ClN. The molecule has 0 saturated heterocycles. The Morgan fingerprint density at radius 1 is 1.05 bits per heavy atom. The van der Waals surface area contributed by atoms with Gasteiger partial charge < -0.3 is 5.73 Å². The van der Waals surface area contributed by atoms with Gasteiger partial charge in [0.2, 0.25) is 0 Å². The van der Waals surface area contributed by atoms with Crippen LogP contribution < -0.4 is 5.73 Å². The lowest BCUT2D eigenvalue weighted by Gasteiger charge is -2.16. The number of hydrogen-bond donors (Lipinski definition) is 1. The van der Waals surface area contributed by atoms with Crippen LogP contribution in [0.25, 0.3) is 0 Å². The predicted octanol–water partition coefficient (Wildman–Crippen LogP) is 4.90. The second-order valence-electron chi connectivity index (χ2n) is 5.80. The van der Waals surface area contributed by atoms with E-state index < -0.39 is 0 Å². The largest absolute Gasteiger partial charge is 0.320 e. The molecule has 0 aliphatic carbocycles. The number of hydrogen-bond acceptors (Lipinski definition) is 1. The first-order valence-corrected chi connectivity index (χ1v) is 7.46. The highest BCUT2D eigenvalue weighted by Gasteiger charge is 2.13. The summed E-state index contributed by atoms with van der Waals surface area (Å²) in [5, 5.41) is 0.770. The van der Waals surface area contributed by atoms with Crippen LogP contribution in [0.15, 0.2) is 42.5 Å². The third-order valence-electron chi connectivity index (χ3n) is 3.54. The van der Waals surface area contributed by atoms with Crippen LogP contribution in [0.3, 0.4) is 0 Å². The van der Waals surface area contributed by atoms with Gasteiger partial charge >= 0.3 is 0 Å². The first kappa shape index (κ1) is 15.1. The van der Waals surface area contributed by atoms with Gasteiger partial charge in [-0.3, -0.25) is 0 Å². The van der Waals surface area contributed by atoms with E-state index in [0.29, 0.717) is 5.92 Å². The SMILES string of the molecule is Cc1cccc(C(N)c2ccc(CC(C)C)cc2)c1Cl. The number of halogens is 1. The molecule has 2 rings (SSSR count). The van der Waals surface area contributed by atoms with Crippen molar-refractivity contribution in [3.8, 4) is 0 Å². The van der Waals surface area contributed by atoms with Gasteiger partial charge in [0.15, 0.2) is 0 Å². The summed E-state index contributed by atoms with van der Waals surface area (Å²) in [6.45, 7) is 6.46. The summed E-state index contributed by atoms with van der Waals surface area (Å²) in [7, 11) is 0. The molecule has 2 aromatic carbocycles. The molecule has 2 N–H and O–H groups in total. The van der Waals surface area contributed by atoms with Crippen molar-refractivity contribution in [3.63, 3.8) is 0 Å². The molecule has 0 bridgehead atoms. The molecule has 1 atom stereocenters. The van der Waals surface area contributed by atoms with Crippen molar-refractivity contribution in [2.75, 3.05) is 0 Å². The third-order valence-corrected chi connectivity index (χ3v) is 4.06. The van der Waals surface area contributed by atoms with Gasteiger partial charge in [-0.2, -0.15) is 0 Å². The van der Waals surface area contributed by atoms with E-state index in [1.54, 1.807) is 0 Å². The van der Waals surface area contributed by atoms with Crippen LogP contribution in [0.5, 0.6) is 0 Å². The van der Waals surface area contributed by atoms with Crippen molar-refractivity contribution in [3.05, 3.63) is 69.7 Å². The van der Waals surface area contributed by atoms with Crippen LogP contribution in [0, 0.1) is 12.8 Å². The van der Waals surface area contributed by atoms with Gasteiger partial charge in [-0.25, -0.2) is 0 Å². The molecule has 0 aliphatic rings. The van der Waals surface area contributed by atoms with Crippen molar-refractivity contribution in [1.29, 1.82) is 0 Å². The average molecular weight is 288 g/mol. The number of aryl methyl sites for hydroxylation is 1. The van der Waals surface area contributed by atoms with Crippen molar-refractivity contribution in [2.24, 2.45) is 11.7 Å². The zero-order valence-corrected chi connectivity index (χ0v) is 13.1. The lowest BCUT2D eigenvalue weighted by atomic mass is 9.95. The molecule has 2 heteroatoms. The van der Waals surface area contributed by atoms with Gasteiger partial charge in [-0.15, -0.1) is 0 Å². The summed E-state index contributed by atoms with van der Waals surface area (Å²) in [6, 6.07) is 14.4. The topological polar surface area (TPSA) is 26.0 Å². The fourth-order valence-electron chi connectivity index (χ4n) is 2.42. The first-order chi connectivity index (χ1) is 9.49. The maximum absolute atomic E-state index is 6.36. The molecule has 0 aliphatic heterocycles. The fraction of sp³-hybridized carbons (Fsp3) is 0.333. The van der Waals surface area contributed by atoms with Gasteiger partial charge in [0.25, 0.3) is 0 Å². The molecule has 0 spiro atoms. The molecule has 0 aromatic heterocycles. The Labute approximate surface area is 126 Å². The second kappa shape index (κ2) is 6.43. The molecule has 106 valence electrons. The molecule has 1 unspecified atom stereocenters. The molecule has 0 radical (unpaired) electrons. The molecule has 20 heavy (non-hydrogen) atoms. The summed E-state index contributed by atoms with van der Waals surface area (Å²) < 4.78 is 0. The van der Waals surface area contributed by atoms with Crippen LogP contribution in [-0.2, 0) is 6.42 Å². The number of nitrogens with two attached hydrogens (primary N) is 1. The van der Waals surface area contributed by atoms with Crippen molar-refractivity contribution in [1.82, 2.24) is 0 Å². The first-order valence-electron chi connectivity index (χ1n) is 7.08. The highest BCUT2D eigenvalue weighted by atomic mass is 35.5. The van der Waals surface area contributed by atoms with Crippen LogP contribution in [0.4, 0.5) is 0 Å². The zero-order chi connectivity index (χ0) is 14.7. The third kappa shape index (κ3) is 3.41. The van der Waals surface area contributed by atoms with Crippen molar-refractivity contribution in [2.45, 2.75) is 33.2 Å². The fourth-order valence-corrected chi connectivity index (χ4v) is 2.67. The van der Waals surface area contributed by atoms with Gasteiger partial charge in [-0.05, 0) is 41.5 Å². The van der Waals surface area contributed by atoms with Crippen LogP contribution in [0.2, 0.25) is 5.02 Å². The number of benzene rings is 2. The highest BCUT2D eigenvalue weighted by Crippen LogP contribution is 2.29. The van der Waals surface area contributed by atoms with E-state index >= 15 is 0 Å². The van der Waals surface area contributed by atoms with E-state index in [4.69, 9.17) is 17.3 Å². The molecule has 0 amide bonds. The van der Waals surface area contributed by atoms with E-state index in [-0.39, 0.29) is 6.04 Å². The molecule has 2 aromatic rings. The molecule has 0 fully saturated rings. The van der Waals surface area contributed by atoms with E-state index in [2.05, 4.69) is 38.1 Å². The Balaban J connectivity index is 2.25. The van der Waals surface area contributed by atoms with Gasteiger partial charge in [0.05, 0.1) is 6.04 Å². The molecule has 0 saturated carbocycles. The lowest BCUT2D eigenvalue weighted by Crippen LogP contribution is -2.12. The van der Waals surface area contributed by atoms with E-state index in [1.807, 2.05) is 25.1 Å². The van der Waals surface area contributed by atoms with Gasteiger partial charge in [0, 0.05) is 5.02 Å². The Kier molecular flexibility index (Phi) is 4.85. The Bertz CT molecular complexity index is 572. The Morgan fingerprint density at radius 3 is 2.30 bits per heavy atom. The monoisotopic (exact) mass is 287 g/mol. The lowest BCUT2D eigenvalue weighted by molar-refractivity contribution is 0.647.